The maximum absolute atomic E-state index is 5.71. The second-order valence-corrected chi connectivity index (χ2v) is 2.97. The van der Waals surface area contributed by atoms with E-state index in [9.17, 15) is 0 Å². The summed E-state index contributed by atoms with van der Waals surface area (Å²) >= 11 is 0. The first-order chi connectivity index (χ1) is 5.81. The number of ether oxygens (including phenoxy) is 1. The largest absolute Gasteiger partial charge is 0.467 e. The molecule has 12 heavy (non-hydrogen) atoms. The Morgan fingerprint density at radius 3 is 2.83 bits per heavy atom. The number of anilines is 1. The Bertz CT molecular complexity index is 296. The van der Waals surface area contributed by atoms with Crippen molar-refractivity contribution in [2.75, 3.05) is 12.8 Å². The summed E-state index contributed by atoms with van der Waals surface area (Å²) in [6.07, 6.45) is 4.18. The average Bonchev–Trinajstić information content (AvgIpc) is 2.87. The maximum atomic E-state index is 5.71. The highest BCUT2D eigenvalue weighted by molar-refractivity contribution is 5.43. The van der Waals surface area contributed by atoms with E-state index in [2.05, 4.69) is 9.97 Å². The number of nitrogens with two attached hydrogens (primary N) is 1. The first kappa shape index (κ1) is 7.34. The minimum absolute atomic E-state index is 0.344. The second kappa shape index (κ2) is 2.62. The van der Waals surface area contributed by atoms with Crippen LogP contribution in [0, 0.1) is 0 Å². The number of nitrogen functional groups attached to an aromatic ring is 1. The molecule has 0 radical (unpaired) electrons. The Labute approximate surface area is 70.8 Å². The highest BCUT2D eigenvalue weighted by Crippen LogP contribution is 2.41. The molecule has 0 atom stereocenters. The van der Waals surface area contributed by atoms with Crippen LogP contribution in [0.25, 0.3) is 0 Å². The van der Waals surface area contributed by atoms with Gasteiger partial charge in [0.2, 0.25) is 0 Å². The zero-order valence-electron chi connectivity index (χ0n) is 6.95. The fourth-order valence-corrected chi connectivity index (χ4v) is 1.19. The normalized spacial score (nSPS) is 16.1. The van der Waals surface area contributed by atoms with Crippen molar-refractivity contribution in [1.29, 1.82) is 0 Å². The topological polar surface area (TPSA) is 61.0 Å². The molecular formula is C8H11N3O. The van der Waals surface area contributed by atoms with E-state index in [0.717, 1.165) is 5.56 Å². The molecule has 2 N–H and O–H groups in total. The van der Waals surface area contributed by atoms with Crippen molar-refractivity contribution in [2.24, 2.45) is 0 Å². The summed E-state index contributed by atoms with van der Waals surface area (Å²) in [4.78, 5) is 8.00. The Hall–Kier alpha value is -1.32. The molecule has 1 aromatic rings. The van der Waals surface area contributed by atoms with E-state index in [-0.39, 0.29) is 0 Å². The number of nitrogens with zero attached hydrogens (tertiary/aromatic N) is 2. The van der Waals surface area contributed by atoms with Gasteiger partial charge in [0, 0.05) is 11.8 Å². The van der Waals surface area contributed by atoms with E-state index in [1.807, 2.05) is 0 Å². The van der Waals surface area contributed by atoms with Crippen LogP contribution in [-0.2, 0) is 0 Å². The lowest BCUT2D eigenvalue weighted by Crippen LogP contribution is -2.00. The standard InChI is InChI=1S/C8H11N3O/c1-12-8-10-4-6(5-2-3-5)7(9)11-8/h4-5H,2-3H2,1H3,(H2,9,10,11). The van der Waals surface area contributed by atoms with Gasteiger partial charge in [0.1, 0.15) is 5.82 Å². The molecular weight excluding hydrogens is 154 g/mol. The van der Waals surface area contributed by atoms with Crippen LogP contribution in [0.3, 0.4) is 0 Å². The summed E-state index contributed by atoms with van der Waals surface area (Å²) in [6.45, 7) is 0. The predicted octanol–water partition coefficient (Wildman–Crippen LogP) is 0.945. The lowest BCUT2D eigenvalue weighted by Gasteiger charge is -2.03. The number of rotatable bonds is 2. The molecule has 4 heteroatoms. The SMILES string of the molecule is COc1ncc(C2CC2)c(N)n1. The van der Waals surface area contributed by atoms with Gasteiger partial charge in [-0.05, 0) is 18.8 Å². The van der Waals surface area contributed by atoms with Crippen molar-refractivity contribution in [2.45, 2.75) is 18.8 Å². The molecule has 4 nitrogen and oxygen atoms in total. The highest BCUT2D eigenvalue weighted by Gasteiger charge is 2.26. The van der Waals surface area contributed by atoms with E-state index in [1.54, 1.807) is 6.20 Å². The molecule has 0 unspecified atom stereocenters. The first-order valence-electron chi connectivity index (χ1n) is 3.97. The third kappa shape index (κ3) is 1.20. The minimum Gasteiger partial charge on any atom is -0.467 e. The van der Waals surface area contributed by atoms with Gasteiger partial charge in [-0.3, -0.25) is 0 Å². The molecule has 1 aromatic heterocycles. The lowest BCUT2D eigenvalue weighted by atomic mass is 10.2. The van der Waals surface area contributed by atoms with Crippen LogP contribution in [0.15, 0.2) is 6.20 Å². The second-order valence-electron chi connectivity index (χ2n) is 2.97. The van der Waals surface area contributed by atoms with Crippen molar-refractivity contribution < 1.29 is 4.74 Å². The summed E-state index contributed by atoms with van der Waals surface area (Å²) in [5, 5.41) is 0. The van der Waals surface area contributed by atoms with Crippen LogP contribution in [0.4, 0.5) is 5.82 Å². The van der Waals surface area contributed by atoms with Crippen LogP contribution < -0.4 is 10.5 Å². The van der Waals surface area contributed by atoms with Crippen LogP contribution in [0.2, 0.25) is 0 Å². The van der Waals surface area contributed by atoms with Gasteiger partial charge in [-0.1, -0.05) is 0 Å². The number of hydrogen-bond acceptors (Lipinski definition) is 4. The van der Waals surface area contributed by atoms with Crippen LogP contribution in [0.5, 0.6) is 6.01 Å². The van der Waals surface area contributed by atoms with Crippen molar-refractivity contribution >= 4 is 5.82 Å². The zero-order valence-corrected chi connectivity index (χ0v) is 6.95. The van der Waals surface area contributed by atoms with Crippen LogP contribution in [-0.4, -0.2) is 17.1 Å². The van der Waals surface area contributed by atoms with Gasteiger partial charge < -0.3 is 10.5 Å². The van der Waals surface area contributed by atoms with Gasteiger partial charge in [-0.2, -0.15) is 4.98 Å². The maximum Gasteiger partial charge on any atom is 0.318 e. The molecule has 0 aromatic carbocycles. The monoisotopic (exact) mass is 165 g/mol. The van der Waals surface area contributed by atoms with E-state index < -0.39 is 0 Å². The van der Waals surface area contributed by atoms with Gasteiger partial charge in [-0.25, -0.2) is 4.98 Å². The van der Waals surface area contributed by atoms with E-state index in [0.29, 0.717) is 17.7 Å². The summed E-state index contributed by atoms with van der Waals surface area (Å²) in [5.41, 5.74) is 6.77. The fraction of sp³-hybridized carbons (Fsp3) is 0.500. The van der Waals surface area contributed by atoms with Gasteiger partial charge in [0.15, 0.2) is 0 Å². The highest BCUT2D eigenvalue weighted by atomic mass is 16.5. The Kier molecular flexibility index (Phi) is 1.60. The van der Waals surface area contributed by atoms with E-state index in [4.69, 9.17) is 10.5 Å². The summed E-state index contributed by atoms with van der Waals surface area (Å²) in [5.74, 6) is 1.15. The Morgan fingerprint density at radius 1 is 1.58 bits per heavy atom. The fourth-order valence-electron chi connectivity index (χ4n) is 1.19. The number of aromatic nitrogens is 2. The molecule has 1 fully saturated rings. The molecule has 0 saturated heterocycles. The van der Waals surface area contributed by atoms with Gasteiger partial charge in [0.25, 0.3) is 0 Å². The molecule has 1 saturated carbocycles. The smallest absolute Gasteiger partial charge is 0.318 e. The number of methoxy groups -OCH3 is 1. The molecule has 1 aliphatic rings. The van der Waals surface area contributed by atoms with Crippen molar-refractivity contribution in [3.05, 3.63) is 11.8 Å². The molecule has 1 heterocycles. The summed E-state index contributed by atoms with van der Waals surface area (Å²) in [7, 11) is 1.53. The molecule has 1 aliphatic carbocycles. The molecule has 0 amide bonds. The van der Waals surface area contributed by atoms with E-state index >= 15 is 0 Å². The predicted molar refractivity (Wildman–Crippen MR) is 45.0 cm³/mol. The Balaban J connectivity index is 2.32. The molecule has 0 spiro atoms. The third-order valence-corrected chi connectivity index (χ3v) is 2.03. The molecule has 0 bridgehead atoms. The van der Waals surface area contributed by atoms with E-state index in [1.165, 1.54) is 20.0 Å². The summed E-state index contributed by atoms with van der Waals surface area (Å²) < 4.78 is 4.85. The zero-order chi connectivity index (χ0) is 8.55. The Morgan fingerprint density at radius 2 is 2.33 bits per heavy atom. The molecule has 0 aliphatic heterocycles. The first-order valence-corrected chi connectivity index (χ1v) is 3.97. The van der Waals surface area contributed by atoms with Crippen molar-refractivity contribution in [1.82, 2.24) is 9.97 Å². The molecule has 2 rings (SSSR count). The van der Waals surface area contributed by atoms with Crippen LogP contribution in [0.1, 0.15) is 24.3 Å². The van der Waals surface area contributed by atoms with Crippen molar-refractivity contribution in [3.63, 3.8) is 0 Å². The molecule has 64 valence electrons. The van der Waals surface area contributed by atoms with Gasteiger partial charge in [0.05, 0.1) is 7.11 Å². The average molecular weight is 165 g/mol. The number of hydrogen-bond donors (Lipinski definition) is 1. The van der Waals surface area contributed by atoms with Crippen molar-refractivity contribution in [3.8, 4) is 6.01 Å². The van der Waals surface area contributed by atoms with Gasteiger partial charge in [-0.15, -0.1) is 0 Å². The van der Waals surface area contributed by atoms with Gasteiger partial charge >= 0.3 is 6.01 Å². The van der Waals surface area contributed by atoms with Crippen LogP contribution >= 0.6 is 0 Å². The lowest BCUT2D eigenvalue weighted by molar-refractivity contribution is 0.380. The minimum atomic E-state index is 0.344. The summed E-state index contributed by atoms with van der Waals surface area (Å²) in [6, 6.07) is 0.344. The quantitative estimate of drug-likeness (QED) is 0.708. The third-order valence-electron chi connectivity index (χ3n) is 2.03.